The zero-order valence-electron chi connectivity index (χ0n) is 9.45. The van der Waals surface area contributed by atoms with Crippen LogP contribution >= 0.6 is 23.2 Å². The molecule has 1 heterocycles. The highest BCUT2D eigenvalue weighted by Crippen LogP contribution is 2.29. The van der Waals surface area contributed by atoms with E-state index in [2.05, 4.69) is 10.4 Å². The Morgan fingerprint density at radius 2 is 2.17 bits per heavy atom. The third kappa shape index (κ3) is 2.57. The minimum absolute atomic E-state index is 0.239. The third-order valence-corrected chi connectivity index (χ3v) is 3.09. The lowest BCUT2D eigenvalue weighted by Gasteiger charge is -2.06. The fourth-order valence-electron chi connectivity index (χ4n) is 1.41. The van der Waals surface area contributed by atoms with Crippen LogP contribution in [0.2, 0.25) is 10.0 Å². The number of aromatic nitrogens is 2. The summed E-state index contributed by atoms with van der Waals surface area (Å²) in [5, 5.41) is 7.14. The van der Waals surface area contributed by atoms with Crippen LogP contribution in [0.5, 0.6) is 0 Å². The van der Waals surface area contributed by atoms with Crippen LogP contribution in [0, 0.1) is 0 Å². The number of anilines is 2. The van der Waals surface area contributed by atoms with Gasteiger partial charge in [-0.3, -0.25) is 9.48 Å². The van der Waals surface area contributed by atoms with Crippen LogP contribution in [-0.2, 0) is 7.05 Å². The van der Waals surface area contributed by atoms with Crippen LogP contribution in [0.15, 0.2) is 24.4 Å². The number of nitrogens with zero attached hydrogens (tertiary/aromatic N) is 2. The van der Waals surface area contributed by atoms with Crippen molar-refractivity contribution in [3.05, 3.63) is 40.0 Å². The molecule has 0 saturated heterocycles. The predicted octanol–water partition coefficient (Wildman–Crippen LogP) is 2.56. The lowest BCUT2D eigenvalue weighted by molar-refractivity contribution is 0.102. The molecule has 2 aromatic rings. The Labute approximate surface area is 113 Å². The second-order valence-electron chi connectivity index (χ2n) is 3.69. The summed E-state index contributed by atoms with van der Waals surface area (Å²) in [5.41, 5.74) is 6.23. The van der Waals surface area contributed by atoms with Gasteiger partial charge in [0.1, 0.15) is 0 Å². The average Bonchev–Trinajstić information content (AvgIpc) is 2.71. The quantitative estimate of drug-likeness (QED) is 0.833. The zero-order chi connectivity index (χ0) is 13.3. The molecular weight excluding hydrogens is 275 g/mol. The Morgan fingerprint density at radius 3 is 2.72 bits per heavy atom. The number of aryl methyl sites for hydroxylation is 1. The van der Waals surface area contributed by atoms with E-state index >= 15 is 0 Å². The van der Waals surface area contributed by atoms with Crippen molar-refractivity contribution in [2.24, 2.45) is 7.05 Å². The topological polar surface area (TPSA) is 72.9 Å². The van der Waals surface area contributed by atoms with E-state index in [1.807, 2.05) is 0 Å². The molecule has 1 aromatic carbocycles. The van der Waals surface area contributed by atoms with Crippen LogP contribution in [-0.4, -0.2) is 15.7 Å². The minimum atomic E-state index is -0.348. The maximum absolute atomic E-state index is 11.9. The van der Waals surface area contributed by atoms with Gasteiger partial charge >= 0.3 is 0 Å². The van der Waals surface area contributed by atoms with Gasteiger partial charge < -0.3 is 11.1 Å². The molecule has 1 amide bonds. The van der Waals surface area contributed by atoms with Gasteiger partial charge in [0.25, 0.3) is 5.91 Å². The number of carbonyl (C=O) groups excluding carboxylic acids is 1. The molecule has 94 valence electrons. The first-order valence-corrected chi connectivity index (χ1v) is 5.78. The van der Waals surface area contributed by atoms with Crippen molar-refractivity contribution < 1.29 is 4.79 Å². The number of hydrogen-bond donors (Lipinski definition) is 2. The van der Waals surface area contributed by atoms with Crippen LogP contribution < -0.4 is 11.1 Å². The lowest BCUT2D eigenvalue weighted by Crippen LogP contribution is -2.13. The fraction of sp³-hybridized carbons (Fsp3) is 0.0909. The SMILES string of the molecule is Cn1ccc(NC(=O)c2cc(N)c(Cl)c(Cl)c2)n1. The Balaban J connectivity index is 2.24. The van der Waals surface area contributed by atoms with E-state index in [0.717, 1.165) is 0 Å². The molecule has 0 aliphatic carbocycles. The number of rotatable bonds is 2. The summed E-state index contributed by atoms with van der Waals surface area (Å²) in [4.78, 5) is 11.9. The number of amides is 1. The van der Waals surface area contributed by atoms with Crippen molar-refractivity contribution in [3.63, 3.8) is 0 Å². The van der Waals surface area contributed by atoms with E-state index in [9.17, 15) is 4.79 Å². The second kappa shape index (κ2) is 4.88. The molecule has 18 heavy (non-hydrogen) atoms. The van der Waals surface area contributed by atoms with Crippen molar-refractivity contribution in [2.75, 3.05) is 11.1 Å². The van der Waals surface area contributed by atoms with Crippen molar-refractivity contribution in [3.8, 4) is 0 Å². The molecule has 7 heteroatoms. The van der Waals surface area contributed by atoms with Gasteiger partial charge in [0.05, 0.1) is 15.7 Å². The van der Waals surface area contributed by atoms with E-state index in [-0.39, 0.29) is 21.6 Å². The monoisotopic (exact) mass is 284 g/mol. The van der Waals surface area contributed by atoms with Crippen LogP contribution in [0.3, 0.4) is 0 Å². The first-order valence-electron chi connectivity index (χ1n) is 5.03. The Hall–Kier alpha value is -1.72. The molecule has 0 fully saturated rings. The fourth-order valence-corrected chi connectivity index (χ4v) is 1.75. The van der Waals surface area contributed by atoms with Gasteiger partial charge in [0.2, 0.25) is 0 Å². The number of benzene rings is 1. The van der Waals surface area contributed by atoms with Gasteiger partial charge in [0.15, 0.2) is 5.82 Å². The van der Waals surface area contributed by atoms with Gasteiger partial charge in [-0.2, -0.15) is 5.10 Å². The Morgan fingerprint density at radius 1 is 1.44 bits per heavy atom. The molecule has 2 rings (SSSR count). The molecule has 5 nitrogen and oxygen atoms in total. The molecule has 0 atom stereocenters. The summed E-state index contributed by atoms with van der Waals surface area (Å²) in [6.45, 7) is 0. The van der Waals surface area contributed by atoms with Gasteiger partial charge in [-0.05, 0) is 12.1 Å². The summed E-state index contributed by atoms with van der Waals surface area (Å²) >= 11 is 11.7. The second-order valence-corrected chi connectivity index (χ2v) is 4.48. The molecule has 0 aliphatic heterocycles. The van der Waals surface area contributed by atoms with Gasteiger partial charge in [0, 0.05) is 24.9 Å². The first kappa shape index (κ1) is 12.7. The van der Waals surface area contributed by atoms with E-state index in [4.69, 9.17) is 28.9 Å². The van der Waals surface area contributed by atoms with Crippen molar-refractivity contribution in [1.82, 2.24) is 9.78 Å². The van der Waals surface area contributed by atoms with E-state index in [0.29, 0.717) is 11.4 Å². The van der Waals surface area contributed by atoms with Crippen LogP contribution in [0.4, 0.5) is 11.5 Å². The molecular formula is C11H10Cl2N4O. The number of carbonyl (C=O) groups is 1. The van der Waals surface area contributed by atoms with Crippen LogP contribution in [0.25, 0.3) is 0 Å². The number of nitrogens with two attached hydrogens (primary N) is 1. The first-order chi connectivity index (χ1) is 8.47. The molecule has 0 spiro atoms. The highest BCUT2D eigenvalue weighted by Gasteiger charge is 2.12. The number of hydrogen-bond acceptors (Lipinski definition) is 3. The number of halogens is 2. The van der Waals surface area contributed by atoms with E-state index in [1.165, 1.54) is 12.1 Å². The summed E-state index contributed by atoms with van der Waals surface area (Å²) in [6.07, 6.45) is 1.72. The summed E-state index contributed by atoms with van der Waals surface area (Å²) < 4.78 is 1.58. The van der Waals surface area contributed by atoms with E-state index < -0.39 is 0 Å². The summed E-state index contributed by atoms with van der Waals surface area (Å²) in [7, 11) is 1.76. The van der Waals surface area contributed by atoms with Gasteiger partial charge in [-0.25, -0.2) is 0 Å². The summed E-state index contributed by atoms with van der Waals surface area (Å²) in [5.74, 6) is 0.103. The molecule has 0 unspecified atom stereocenters. The van der Waals surface area contributed by atoms with Crippen LogP contribution in [0.1, 0.15) is 10.4 Å². The molecule has 0 aliphatic rings. The van der Waals surface area contributed by atoms with Gasteiger partial charge in [-0.1, -0.05) is 23.2 Å². The smallest absolute Gasteiger partial charge is 0.256 e. The molecule has 3 N–H and O–H groups in total. The number of nitrogens with one attached hydrogen (secondary N) is 1. The maximum atomic E-state index is 11.9. The Bertz CT molecular complexity index is 586. The maximum Gasteiger partial charge on any atom is 0.256 e. The highest BCUT2D eigenvalue weighted by atomic mass is 35.5. The van der Waals surface area contributed by atoms with Crippen molar-refractivity contribution >= 4 is 40.6 Å². The van der Waals surface area contributed by atoms with Crippen molar-refractivity contribution in [2.45, 2.75) is 0 Å². The number of nitrogen functional groups attached to an aromatic ring is 1. The van der Waals surface area contributed by atoms with Gasteiger partial charge in [-0.15, -0.1) is 0 Å². The normalized spacial score (nSPS) is 10.4. The zero-order valence-corrected chi connectivity index (χ0v) is 11.0. The molecule has 1 aromatic heterocycles. The van der Waals surface area contributed by atoms with E-state index in [1.54, 1.807) is 24.0 Å². The minimum Gasteiger partial charge on any atom is -0.397 e. The third-order valence-electron chi connectivity index (χ3n) is 2.27. The Kier molecular flexibility index (Phi) is 3.45. The standard InChI is InChI=1S/C11H10Cl2N4O/c1-17-3-2-9(16-17)15-11(18)6-4-7(12)10(13)8(14)5-6/h2-5H,14H2,1H3,(H,15,16,18). The summed E-state index contributed by atoms with van der Waals surface area (Å²) in [6, 6.07) is 4.60. The largest absolute Gasteiger partial charge is 0.397 e. The predicted molar refractivity (Wildman–Crippen MR) is 72.0 cm³/mol. The molecule has 0 radical (unpaired) electrons. The average molecular weight is 285 g/mol. The molecule has 0 bridgehead atoms. The highest BCUT2D eigenvalue weighted by molar-refractivity contribution is 6.44. The molecule has 0 saturated carbocycles. The van der Waals surface area contributed by atoms with Crippen molar-refractivity contribution in [1.29, 1.82) is 0 Å². The lowest BCUT2D eigenvalue weighted by atomic mass is 10.2.